The van der Waals surface area contributed by atoms with Gasteiger partial charge < -0.3 is 10.4 Å². The maximum absolute atomic E-state index is 10.7. The van der Waals surface area contributed by atoms with Gasteiger partial charge in [-0.2, -0.15) is 0 Å². The molecular formula is C10H15N3O2. The van der Waals surface area contributed by atoms with Crippen LogP contribution in [0.15, 0.2) is 12.4 Å². The number of nitrogens with zero attached hydrogens (tertiary/aromatic N) is 2. The van der Waals surface area contributed by atoms with Gasteiger partial charge >= 0.3 is 5.97 Å². The molecule has 1 aromatic rings. The SMILES string of the molecule is Cc1cnc(NC(C)C(C)C(=O)O)nc1. The molecule has 1 rings (SSSR count). The Hall–Kier alpha value is -1.65. The summed E-state index contributed by atoms with van der Waals surface area (Å²) in [6.07, 6.45) is 3.38. The number of aromatic nitrogens is 2. The molecule has 15 heavy (non-hydrogen) atoms. The highest BCUT2D eigenvalue weighted by Gasteiger charge is 2.19. The molecule has 82 valence electrons. The summed E-state index contributed by atoms with van der Waals surface area (Å²) in [5.41, 5.74) is 0.972. The zero-order valence-electron chi connectivity index (χ0n) is 9.06. The number of nitrogens with one attached hydrogen (secondary N) is 1. The monoisotopic (exact) mass is 209 g/mol. The van der Waals surface area contributed by atoms with Gasteiger partial charge in [0, 0.05) is 18.4 Å². The summed E-state index contributed by atoms with van der Waals surface area (Å²) in [6, 6.07) is -0.204. The highest BCUT2D eigenvalue weighted by molar-refractivity contribution is 5.70. The minimum atomic E-state index is -0.831. The van der Waals surface area contributed by atoms with Crippen molar-refractivity contribution in [3.05, 3.63) is 18.0 Å². The molecule has 0 spiro atoms. The average molecular weight is 209 g/mol. The zero-order valence-corrected chi connectivity index (χ0v) is 9.06. The summed E-state index contributed by atoms with van der Waals surface area (Å²) in [7, 11) is 0. The van der Waals surface area contributed by atoms with Crippen LogP contribution in [-0.2, 0) is 4.79 Å². The van der Waals surface area contributed by atoms with E-state index in [0.717, 1.165) is 5.56 Å². The number of carboxylic acid groups (broad SMARTS) is 1. The van der Waals surface area contributed by atoms with Gasteiger partial charge in [0.25, 0.3) is 0 Å². The van der Waals surface area contributed by atoms with Crippen LogP contribution in [0.3, 0.4) is 0 Å². The fraction of sp³-hybridized carbons (Fsp3) is 0.500. The highest BCUT2D eigenvalue weighted by atomic mass is 16.4. The maximum Gasteiger partial charge on any atom is 0.308 e. The third-order valence-corrected chi connectivity index (χ3v) is 2.28. The number of carboxylic acids is 1. The van der Waals surface area contributed by atoms with E-state index < -0.39 is 11.9 Å². The molecule has 0 aliphatic heterocycles. The van der Waals surface area contributed by atoms with Crippen LogP contribution in [0.25, 0.3) is 0 Å². The summed E-state index contributed by atoms with van der Waals surface area (Å²) in [6.45, 7) is 5.34. The fourth-order valence-electron chi connectivity index (χ4n) is 1.01. The van der Waals surface area contributed by atoms with Gasteiger partial charge in [-0.15, -0.1) is 0 Å². The van der Waals surface area contributed by atoms with Crippen molar-refractivity contribution in [1.29, 1.82) is 0 Å². The number of aliphatic carboxylic acids is 1. The van der Waals surface area contributed by atoms with Gasteiger partial charge in [0.15, 0.2) is 0 Å². The van der Waals surface area contributed by atoms with Crippen LogP contribution < -0.4 is 5.32 Å². The van der Waals surface area contributed by atoms with E-state index in [0.29, 0.717) is 5.95 Å². The van der Waals surface area contributed by atoms with E-state index in [4.69, 9.17) is 5.11 Å². The van der Waals surface area contributed by atoms with Crippen molar-refractivity contribution in [2.75, 3.05) is 5.32 Å². The summed E-state index contributed by atoms with van der Waals surface area (Å²) in [5.74, 6) is -0.849. The molecule has 5 heteroatoms. The van der Waals surface area contributed by atoms with Gasteiger partial charge in [-0.3, -0.25) is 4.79 Å². The first-order valence-electron chi connectivity index (χ1n) is 4.78. The van der Waals surface area contributed by atoms with Gasteiger partial charge in [0.2, 0.25) is 5.95 Å². The lowest BCUT2D eigenvalue weighted by molar-refractivity contribution is -0.141. The second-order valence-corrected chi connectivity index (χ2v) is 3.64. The molecule has 2 N–H and O–H groups in total. The Bertz CT molecular complexity index is 337. The van der Waals surface area contributed by atoms with Crippen molar-refractivity contribution in [3.8, 4) is 0 Å². The second kappa shape index (κ2) is 4.72. The van der Waals surface area contributed by atoms with E-state index in [1.54, 1.807) is 26.2 Å². The minimum Gasteiger partial charge on any atom is -0.481 e. The second-order valence-electron chi connectivity index (χ2n) is 3.64. The Labute approximate surface area is 88.6 Å². The number of aryl methyl sites for hydroxylation is 1. The average Bonchev–Trinajstić information content (AvgIpc) is 2.20. The van der Waals surface area contributed by atoms with Gasteiger partial charge in [0.1, 0.15) is 0 Å². The molecule has 1 aromatic heterocycles. The van der Waals surface area contributed by atoms with Crippen LogP contribution in [0, 0.1) is 12.8 Å². The van der Waals surface area contributed by atoms with Crippen LogP contribution in [0.1, 0.15) is 19.4 Å². The molecule has 2 atom stereocenters. The van der Waals surface area contributed by atoms with Crippen LogP contribution in [-0.4, -0.2) is 27.1 Å². The molecule has 0 aliphatic carbocycles. The molecule has 0 saturated heterocycles. The molecular weight excluding hydrogens is 194 g/mol. The predicted molar refractivity (Wildman–Crippen MR) is 56.7 cm³/mol. The molecule has 5 nitrogen and oxygen atoms in total. The maximum atomic E-state index is 10.7. The third-order valence-electron chi connectivity index (χ3n) is 2.28. The van der Waals surface area contributed by atoms with Gasteiger partial charge in [-0.1, -0.05) is 0 Å². The van der Waals surface area contributed by atoms with Crippen molar-refractivity contribution in [3.63, 3.8) is 0 Å². The first kappa shape index (κ1) is 11.4. The zero-order chi connectivity index (χ0) is 11.4. The molecule has 0 aromatic carbocycles. The molecule has 0 amide bonds. The van der Waals surface area contributed by atoms with Crippen LogP contribution in [0.2, 0.25) is 0 Å². The Morgan fingerprint density at radius 1 is 1.40 bits per heavy atom. The summed E-state index contributed by atoms with van der Waals surface area (Å²) >= 11 is 0. The summed E-state index contributed by atoms with van der Waals surface area (Å²) in [5, 5.41) is 11.7. The van der Waals surface area contributed by atoms with E-state index >= 15 is 0 Å². The van der Waals surface area contributed by atoms with Crippen molar-refractivity contribution in [2.45, 2.75) is 26.8 Å². The number of anilines is 1. The highest BCUT2D eigenvalue weighted by Crippen LogP contribution is 2.08. The molecule has 0 saturated carbocycles. The van der Waals surface area contributed by atoms with Crippen molar-refractivity contribution in [2.24, 2.45) is 5.92 Å². The predicted octanol–water partition coefficient (Wildman–Crippen LogP) is 1.31. The minimum absolute atomic E-state index is 0.204. The number of carbonyl (C=O) groups is 1. The Morgan fingerprint density at radius 3 is 2.40 bits per heavy atom. The van der Waals surface area contributed by atoms with Crippen LogP contribution in [0.5, 0.6) is 0 Å². The topological polar surface area (TPSA) is 75.1 Å². The Balaban J connectivity index is 2.62. The molecule has 0 fully saturated rings. The largest absolute Gasteiger partial charge is 0.481 e. The van der Waals surface area contributed by atoms with Gasteiger partial charge in [-0.05, 0) is 26.3 Å². The molecule has 0 radical (unpaired) electrons. The third kappa shape index (κ3) is 3.19. The van der Waals surface area contributed by atoms with Crippen molar-refractivity contribution >= 4 is 11.9 Å². The molecule has 2 unspecified atom stereocenters. The van der Waals surface area contributed by atoms with E-state index in [-0.39, 0.29) is 6.04 Å². The van der Waals surface area contributed by atoms with Crippen molar-refractivity contribution in [1.82, 2.24) is 9.97 Å². The van der Waals surface area contributed by atoms with E-state index in [1.807, 2.05) is 6.92 Å². The number of hydrogen-bond acceptors (Lipinski definition) is 4. The van der Waals surface area contributed by atoms with E-state index in [9.17, 15) is 4.79 Å². The lowest BCUT2D eigenvalue weighted by Gasteiger charge is -2.17. The Kier molecular flexibility index (Phi) is 3.60. The Morgan fingerprint density at radius 2 is 1.93 bits per heavy atom. The van der Waals surface area contributed by atoms with Gasteiger partial charge in [0.05, 0.1) is 5.92 Å². The van der Waals surface area contributed by atoms with Crippen molar-refractivity contribution < 1.29 is 9.90 Å². The fourth-order valence-corrected chi connectivity index (χ4v) is 1.01. The van der Waals surface area contributed by atoms with Gasteiger partial charge in [-0.25, -0.2) is 9.97 Å². The summed E-state index contributed by atoms with van der Waals surface area (Å²) < 4.78 is 0. The lowest BCUT2D eigenvalue weighted by Crippen LogP contribution is -2.30. The number of hydrogen-bond donors (Lipinski definition) is 2. The first-order valence-corrected chi connectivity index (χ1v) is 4.78. The lowest BCUT2D eigenvalue weighted by atomic mass is 10.0. The smallest absolute Gasteiger partial charge is 0.308 e. The quantitative estimate of drug-likeness (QED) is 0.781. The molecule has 0 aliphatic rings. The van der Waals surface area contributed by atoms with Crippen LogP contribution in [0.4, 0.5) is 5.95 Å². The first-order chi connectivity index (χ1) is 7.00. The normalized spacial score (nSPS) is 14.3. The summed E-state index contributed by atoms with van der Waals surface area (Å²) in [4.78, 5) is 18.8. The van der Waals surface area contributed by atoms with Crippen LogP contribution >= 0.6 is 0 Å². The van der Waals surface area contributed by atoms with E-state index in [1.165, 1.54) is 0 Å². The molecule has 0 bridgehead atoms. The number of rotatable bonds is 4. The standard InChI is InChI=1S/C10H15N3O2/c1-6-4-11-10(12-5-6)13-8(3)7(2)9(14)15/h4-5,7-8H,1-3H3,(H,14,15)(H,11,12,13). The van der Waals surface area contributed by atoms with E-state index in [2.05, 4.69) is 15.3 Å². The molecule has 1 heterocycles.